The topological polar surface area (TPSA) is 121 Å². The number of benzene rings is 3. The van der Waals surface area contributed by atoms with Gasteiger partial charge in [-0.1, -0.05) is 36.4 Å². The summed E-state index contributed by atoms with van der Waals surface area (Å²) in [5.41, 5.74) is 0.681. The number of nitrogens with zero attached hydrogens (tertiary/aromatic N) is 1. The lowest BCUT2D eigenvalue weighted by Crippen LogP contribution is -2.15. The second-order valence-corrected chi connectivity index (χ2v) is 11.2. The van der Waals surface area contributed by atoms with Crippen molar-refractivity contribution in [2.45, 2.75) is 21.6 Å². The highest BCUT2D eigenvalue weighted by atomic mass is 32.2. The Morgan fingerprint density at radius 2 is 1.74 bits per heavy atom. The lowest BCUT2D eigenvalue weighted by Gasteiger charge is -2.12. The Morgan fingerprint density at radius 1 is 1.00 bits per heavy atom. The highest BCUT2D eigenvalue weighted by molar-refractivity contribution is 7.96. The molecule has 0 fully saturated rings. The molecule has 0 radical (unpaired) electrons. The van der Waals surface area contributed by atoms with Crippen LogP contribution in [0.1, 0.15) is 16.4 Å². The van der Waals surface area contributed by atoms with E-state index >= 15 is 0 Å². The van der Waals surface area contributed by atoms with E-state index in [9.17, 15) is 26.9 Å². The van der Waals surface area contributed by atoms with Crippen LogP contribution in [0, 0.1) is 10.1 Å². The van der Waals surface area contributed by atoms with Gasteiger partial charge in [-0.3, -0.25) is 10.1 Å². The van der Waals surface area contributed by atoms with Crippen LogP contribution < -0.4 is 4.74 Å². The van der Waals surface area contributed by atoms with Crippen LogP contribution in [0.2, 0.25) is 0 Å². The van der Waals surface area contributed by atoms with Crippen LogP contribution in [-0.2, 0) is 26.3 Å². The molecule has 31 heavy (non-hydrogen) atoms. The largest absolute Gasteiger partial charge is 0.489 e. The maximum Gasteiger partial charge on any atom is 0.269 e. The minimum Gasteiger partial charge on any atom is -0.489 e. The summed E-state index contributed by atoms with van der Waals surface area (Å²) in [6.07, 6.45) is 0. The minimum atomic E-state index is -3.89. The van der Waals surface area contributed by atoms with Crippen LogP contribution in [0.15, 0.2) is 82.6 Å². The van der Waals surface area contributed by atoms with E-state index in [2.05, 4.69) is 0 Å². The predicted octanol–water partition coefficient (Wildman–Crippen LogP) is 3.48. The molecule has 1 aliphatic heterocycles. The van der Waals surface area contributed by atoms with E-state index in [-0.39, 0.29) is 33.4 Å². The van der Waals surface area contributed by atoms with Gasteiger partial charge >= 0.3 is 0 Å². The van der Waals surface area contributed by atoms with Crippen molar-refractivity contribution in [1.29, 1.82) is 0 Å². The summed E-state index contributed by atoms with van der Waals surface area (Å²) >= 11 is 0. The zero-order valence-electron chi connectivity index (χ0n) is 16.0. The average molecular weight is 460 g/mol. The minimum absolute atomic E-state index is 0.00768. The Labute approximate surface area is 179 Å². The van der Waals surface area contributed by atoms with E-state index in [0.29, 0.717) is 5.56 Å². The summed E-state index contributed by atoms with van der Waals surface area (Å²) < 4.78 is 57.0. The fraction of sp³-hybridized carbons (Fsp3) is 0.143. The first-order chi connectivity index (χ1) is 14.7. The first-order valence-electron chi connectivity index (χ1n) is 9.20. The Balaban J connectivity index is 1.62. The van der Waals surface area contributed by atoms with Gasteiger partial charge in [-0.15, -0.1) is 0 Å². The monoisotopic (exact) mass is 459 g/mol. The van der Waals surface area contributed by atoms with E-state index in [1.54, 1.807) is 24.3 Å². The van der Waals surface area contributed by atoms with Crippen LogP contribution in [0.25, 0.3) is 0 Å². The number of fused-ring (bicyclic) bond motifs is 1. The molecule has 0 spiro atoms. The van der Waals surface area contributed by atoms with Crippen LogP contribution >= 0.6 is 0 Å². The summed E-state index contributed by atoms with van der Waals surface area (Å²) in [4.78, 5) is 10.4. The molecule has 0 aliphatic carbocycles. The molecule has 1 atom stereocenters. The molecule has 0 saturated heterocycles. The number of rotatable bonds is 6. The second-order valence-electron chi connectivity index (χ2n) is 7.04. The zero-order chi connectivity index (χ0) is 22.2. The third-order valence-electron chi connectivity index (χ3n) is 5.01. The van der Waals surface area contributed by atoms with Crippen LogP contribution in [0.4, 0.5) is 5.69 Å². The molecule has 8 nitrogen and oxygen atoms in total. The van der Waals surface area contributed by atoms with Crippen molar-refractivity contribution in [2.75, 3.05) is 5.75 Å². The van der Waals surface area contributed by atoms with Gasteiger partial charge in [0.15, 0.2) is 19.7 Å². The van der Waals surface area contributed by atoms with Gasteiger partial charge in [0.05, 0.1) is 20.5 Å². The molecule has 0 bridgehead atoms. The first-order valence-corrected chi connectivity index (χ1v) is 12.4. The zero-order valence-corrected chi connectivity index (χ0v) is 17.7. The highest BCUT2D eigenvalue weighted by Crippen LogP contribution is 2.42. The van der Waals surface area contributed by atoms with Crippen molar-refractivity contribution in [3.63, 3.8) is 0 Å². The third kappa shape index (κ3) is 4.04. The molecule has 0 amide bonds. The Bertz CT molecular complexity index is 1370. The number of non-ortho nitro benzene ring substituents is 1. The molecule has 1 aliphatic rings. The van der Waals surface area contributed by atoms with Crippen molar-refractivity contribution in [1.82, 2.24) is 0 Å². The van der Waals surface area contributed by atoms with Crippen LogP contribution in [-0.4, -0.2) is 27.5 Å². The summed E-state index contributed by atoms with van der Waals surface area (Å²) in [5.74, 6) is -0.306. The molecule has 0 saturated carbocycles. The molecule has 3 aromatic carbocycles. The van der Waals surface area contributed by atoms with Crippen molar-refractivity contribution < 1.29 is 26.5 Å². The van der Waals surface area contributed by atoms with Crippen molar-refractivity contribution >= 4 is 25.4 Å². The number of nitro benzene ring substituents is 1. The fourth-order valence-electron chi connectivity index (χ4n) is 3.48. The lowest BCUT2D eigenvalue weighted by atomic mass is 10.1. The molecule has 160 valence electrons. The molecular weight excluding hydrogens is 442 g/mol. The summed E-state index contributed by atoms with van der Waals surface area (Å²) in [6.45, 7) is -0.00768. The van der Waals surface area contributed by atoms with Gasteiger partial charge in [-0.2, -0.15) is 0 Å². The van der Waals surface area contributed by atoms with Crippen molar-refractivity contribution in [3.05, 3.63) is 94.0 Å². The maximum absolute atomic E-state index is 13.0. The fourth-order valence-corrected chi connectivity index (χ4v) is 7.83. The molecule has 0 N–H and O–H groups in total. The number of nitro groups is 1. The third-order valence-corrected chi connectivity index (χ3v) is 9.12. The van der Waals surface area contributed by atoms with E-state index in [1.807, 2.05) is 0 Å². The SMILES string of the molecule is O=[N+]([O-])c1cccc(COc2ccc3c(c2)S(=O)(=O)CC3S(=O)(=O)c2ccccc2)c1. The van der Waals surface area contributed by atoms with Crippen LogP contribution in [0.3, 0.4) is 0 Å². The normalized spacial score (nSPS) is 17.1. The quantitative estimate of drug-likeness (QED) is 0.409. The summed E-state index contributed by atoms with van der Waals surface area (Å²) in [6, 6.07) is 17.9. The lowest BCUT2D eigenvalue weighted by molar-refractivity contribution is -0.384. The van der Waals surface area contributed by atoms with E-state index in [4.69, 9.17) is 4.74 Å². The molecule has 4 rings (SSSR count). The van der Waals surface area contributed by atoms with Gasteiger partial charge < -0.3 is 4.74 Å². The van der Waals surface area contributed by atoms with Gasteiger partial charge in [0.1, 0.15) is 17.6 Å². The van der Waals surface area contributed by atoms with Gasteiger partial charge in [0, 0.05) is 12.1 Å². The number of hydrogen-bond acceptors (Lipinski definition) is 7. The van der Waals surface area contributed by atoms with Gasteiger partial charge in [0.2, 0.25) is 0 Å². The average Bonchev–Trinajstić information content (AvgIpc) is 3.04. The van der Waals surface area contributed by atoms with E-state index in [1.165, 1.54) is 48.5 Å². The molecular formula is C21H17NO7S2. The summed E-state index contributed by atoms with van der Waals surface area (Å²) in [5, 5.41) is 9.70. The molecule has 1 heterocycles. The summed E-state index contributed by atoms with van der Waals surface area (Å²) in [7, 11) is -7.71. The Hall–Kier alpha value is -3.24. The smallest absolute Gasteiger partial charge is 0.269 e. The van der Waals surface area contributed by atoms with Gasteiger partial charge in [0.25, 0.3) is 5.69 Å². The number of hydrogen-bond donors (Lipinski definition) is 0. The molecule has 1 unspecified atom stereocenters. The molecule has 3 aromatic rings. The standard InChI is InChI=1S/C21H17NO7S2/c23-22(24)16-6-4-5-15(11-16)13-29-17-9-10-19-20(12-17)30(25,26)14-21(19)31(27,28)18-7-2-1-3-8-18/h1-12,21H,13-14H2. The second kappa shape index (κ2) is 7.78. The Kier molecular flexibility index (Phi) is 5.28. The van der Waals surface area contributed by atoms with Crippen molar-refractivity contribution in [3.8, 4) is 5.75 Å². The number of ether oxygens (including phenoxy) is 1. The highest BCUT2D eigenvalue weighted by Gasteiger charge is 2.43. The van der Waals surface area contributed by atoms with Crippen molar-refractivity contribution in [2.24, 2.45) is 0 Å². The predicted molar refractivity (Wildman–Crippen MR) is 112 cm³/mol. The van der Waals surface area contributed by atoms with E-state index in [0.717, 1.165) is 0 Å². The Morgan fingerprint density at radius 3 is 2.45 bits per heavy atom. The van der Waals surface area contributed by atoms with E-state index < -0.39 is 35.6 Å². The maximum atomic E-state index is 13.0. The van der Waals surface area contributed by atoms with Crippen LogP contribution in [0.5, 0.6) is 5.75 Å². The first kappa shape index (κ1) is 21.0. The number of sulfone groups is 2. The molecule has 0 aromatic heterocycles. The molecule has 10 heteroatoms. The van der Waals surface area contributed by atoms with Gasteiger partial charge in [-0.25, -0.2) is 16.8 Å². The van der Waals surface area contributed by atoms with Gasteiger partial charge in [-0.05, 0) is 35.4 Å².